The zero-order chi connectivity index (χ0) is 16.3. The van der Waals surface area contributed by atoms with Gasteiger partial charge in [0.25, 0.3) is 0 Å². The molecule has 1 aromatic carbocycles. The van der Waals surface area contributed by atoms with Crippen LogP contribution in [0.5, 0.6) is 0 Å². The average Bonchev–Trinajstić information content (AvgIpc) is 2.75. The van der Waals surface area contributed by atoms with Crippen LogP contribution < -0.4 is 11.1 Å². The summed E-state index contributed by atoms with van der Waals surface area (Å²) < 4.78 is 5.09. The van der Waals surface area contributed by atoms with E-state index < -0.39 is 0 Å². The Hall–Kier alpha value is -0.990. The van der Waals surface area contributed by atoms with Crippen LogP contribution in [-0.4, -0.2) is 11.1 Å². The second kappa shape index (κ2) is 8.75. The Bertz CT molecular complexity index is 683. The molecule has 2 rings (SSSR count). The Morgan fingerprint density at radius 1 is 1.39 bits per heavy atom. The molecule has 0 fully saturated rings. The Morgan fingerprint density at radius 3 is 2.65 bits per heavy atom. The van der Waals surface area contributed by atoms with E-state index in [1.54, 1.807) is 12.1 Å². The summed E-state index contributed by atoms with van der Waals surface area (Å²) in [5.74, 6) is 1.08. The minimum Gasteiger partial charge on any atom is -0.370 e. The highest BCUT2D eigenvalue weighted by Gasteiger charge is 2.12. The molecule has 0 aliphatic carbocycles. The smallest absolute Gasteiger partial charge is 0.189 e. The number of aryl methyl sites for hydroxylation is 2. The van der Waals surface area contributed by atoms with Crippen LogP contribution in [0.2, 0.25) is 10.0 Å². The lowest BCUT2D eigenvalue weighted by Crippen LogP contribution is -2.34. The predicted molar refractivity (Wildman–Crippen MR) is 105 cm³/mol. The van der Waals surface area contributed by atoms with Gasteiger partial charge in [0.05, 0.1) is 18.3 Å². The molecule has 1 heterocycles. The van der Waals surface area contributed by atoms with Crippen molar-refractivity contribution in [3.63, 3.8) is 0 Å². The topological polar surface area (TPSA) is 76.4 Å². The molecule has 0 saturated heterocycles. The van der Waals surface area contributed by atoms with Gasteiger partial charge in [-0.3, -0.25) is 0 Å². The third-order valence-electron chi connectivity index (χ3n) is 3.38. The van der Waals surface area contributed by atoms with E-state index in [1.165, 1.54) is 0 Å². The van der Waals surface area contributed by atoms with Crippen molar-refractivity contribution in [2.75, 3.05) is 0 Å². The van der Waals surface area contributed by atoms with Crippen molar-refractivity contribution in [1.29, 1.82) is 0 Å². The number of halogens is 3. The summed E-state index contributed by atoms with van der Waals surface area (Å²) in [5, 5.41) is 8.18. The summed E-state index contributed by atoms with van der Waals surface area (Å²) in [5.41, 5.74) is 8.60. The third kappa shape index (κ3) is 5.26. The largest absolute Gasteiger partial charge is 0.370 e. The van der Waals surface area contributed by atoms with Gasteiger partial charge in [-0.05, 0) is 38.5 Å². The van der Waals surface area contributed by atoms with Crippen LogP contribution in [0.1, 0.15) is 35.5 Å². The number of nitrogens with one attached hydrogen (secondary N) is 1. The molecule has 1 atom stereocenters. The Kier molecular flexibility index (Phi) is 7.63. The fraction of sp³-hybridized carbons (Fsp3) is 0.333. The third-order valence-corrected chi connectivity index (χ3v) is 3.94. The first-order valence-electron chi connectivity index (χ1n) is 6.81. The quantitative estimate of drug-likeness (QED) is 0.396. The maximum atomic E-state index is 6.18. The van der Waals surface area contributed by atoms with E-state index in [0.717, 1.165) is 22.6 Å². The lowest BCUT2D eigenvalue weighted by molar-refractivity contribution is 0.392. The van der Waals surface area contributed by atoms with Crippen LogP contribution in [-0.2, 0) is 6.54 Å². The van der Waals surface area contributed by atoms with Crippen molar-refractivity contribution in [3.05, 3.63) is 50.8 Å². The summed E-state index contributed by atoms with van der Waals surface area (Å²) in [6.45, 7) is 6.10. The first-order valence-corrected chi connectivity index (χ1v) is 7.57. The van der Waals surface area contributed by atoms with Crippen LogP contribution >= 0.6 is 47.2 Å². The van der Waals surface area contributed by atoms with E-state index in [4.69, 9.17) is 33.5 Å². The number of nitrogens with two attached hydrogens (primary N) is 1. The minimum absolute atomic E-state index is 0. The number of guanidine groups is 1. The second-order valence-corrected chi connectivity index (χ2v) is 5.88. The van der Waals surface area contributed by atoms with Gasteiger partial charge in [0.2, 0.25) is 0 Å². The van der Waals surface area contributed by atoms with Gasteiger partial charge in [-0.15, -0.1) is 24.0 Å². The molecule has 0 bridgehead atoms. The van der Waals surface area contributed by atoms with E-state index in [0.29, 0.717) is 22.5 Å². The van der Waals surface area contributed by atoms with E-state index in [9.17, 15) is 0 Å². The SMILES string of the molecule is Cc1noc(C)c1CN=C(N)NC(C)c1ccc(Cl)cc1Cl.I. The molecule has 8 heteroatoms. The van der Waals surface area contributed by atoms with E-state index in [1.807, 2.05) is 26.8 Å². The van der Waals surface area contributed by atoms with Crippen molar-refractivity contribution in [2.24, 2.45) is 10.7 Å². The van der Waals surface area contributed by atoms with Gasteiger partial charge in [0.15, 0.2) is 5.96 Å². The molecule has 126 valence electrons. The Morgan fingerprint density at radius 2 is 2.09 bits per heavy atom. The number of hydrogen-bond donors (Lipinski definition) is 2. The zero-order valence-electron chi connectivity index (χ0n) is 13.1. The Labute approximate surface area is 162 Å². The normalized spacial score (nSPS) is 12.7. The van der Waals surface area contributed by atoms with Crippen LogP contribution in [0.4, 0.5) is 0 Å². The summed E-state index contributed by atoms with van der Waals surface area (Å²) in [6, 6.07) is 5.27. The first kappa shape index (κ1) is 20.1. The van der Waals surface area contributed by atoms with Gasteiger partial charge in [-0.2, -0.15) is 0 Å². The van der Waals surface area contributed by atoms with Crippen LogP contribution in [0, 0.1) is 13.8 Å². The molecular weight excluding hydrogens is 450 g/mol. The van der Waals surface area contributed by atoms with Crippen LogP contribution in [0.25, 0.3) is 0 Å². The van der Waals surface area contributed by atoms with Gasteiger partial charge in [0, 0.05) is 15.6 Å². The highest BCUT2D eigenvalue weighted by atomic mass is 127. The van der Waals surface area contributed by atoms with Gasteiger partial charge in [0.1, 0.15) is 5.76 Å². The molecule has 1 aromatic heterocycles. The molecule has 5 nitrogen and oxygen atoms in total. The van der Waals surface area contributed by atoms with Crippen molar-refractivity contribution >= 4 is 53.1 Å². The van der Waals surface area contributed by atoms with E-state index >= 15 is 0 Å². The van der Waals surface area contributed by atoms with Crippen molar-refractivity contribution in [3.8, 4) is 0 Å². The fourth-order valence-corrected chi connectivity index (χ4v) is 2.66. The molecular formula is C15H19Cl2IN4O. The standard InChI is InChI=1S/C15H18Cl2N4O.HI/c1-8(12-5-4-11(16)6-14(12)17)20-15(18)19-7-13-9(2)21-22-10(13)3;/h4-6,8H,7H2,1-3H3,(H3,18,19,20);1H. The molecule has 23 heavy (non-hydrogen) atoms. The molecule has 2 aromatic rings. The summed E-state index contributed by atoms with van der Waals surface area (Å²) in [7, 11) is 0. The van der Waals surface area contributed by atoms with Crippen molar-refractivity contribution in [1.82, 2.24) is 10.5 Å². The molecule has 0 spiro atoms. The summed E-state index contributed by atoms with van der Waals surface area (Å²) >= 11 is 12.1. The molecule has 0 amide bonds. The minimum atomic E-state index is -0.0850. The van der Waals surface area contributed by atoms with E-state index in [2.05, 4.69) is 15.5 Å². The van der Waals surface area contributed by atoms with Crippen molar-refractivity contribution in [2.45, 2.75) is 33.4 Å². The number of nitrogens with zero attached hydrogens (tertiary/aromatic N) is 2. The average molecular weight is 469 g/mol. The first-order chi connectivity index (χ1) is 10.4. The Balaban J connectivity index is 0.00000264. The highest BCUT2D eigenvalue weighted by Crippen LogP contribution is 2.25. The number of aromatic nitrogens is 1. The number of aliphatic imine (C=N–C) groups is 1. The van der Waals surface area contributed by atoms with Gasteiger partial charge < -0.3 is 15.6 Å². The molecule has 0 radical (unpaired) electrons. The number of rotatable bonds is 4. The molecule has 0 saturated carbocycles. The number of benzene rings is 1. The fourth-order valence-electron chi connectivity index (χ4n) is 2.09. The van der Waals surface area contributed by atoms with Gasteiger partial charge in [-0.1, -0.05) is 34.4 Å². The van der Waals surface area contributed by atoms with Gasteiger partial charge in [-0.25, -0.2) is 4.99 Å². The molecule has 3 N–H and O–H groups in total. The van der Waals surface area contributed by atoms with Crippen molar-refractivity contribution < 1.29 is 4.52 Å². The summed E-state index contributed by atoms with van der Waals surface area (Å²) in [6.07, 6.45) is 0. The van der Waals surface area contributed by atoms with Gasteiger partial charge >= 0.3 is 0 Å². The molecule has 0 aliphatic heterocycles. The predicted octanol–water partition coefficient (Wildman–Crippen LogP) is 4.38. The molecule has 1 unspecified atom stereocenters. The number of hydrogen-bond acceptors (Lipinski definition) is 3. The van der Waals surface area contributed by atoms with Crippen LogP contribution in [0.15, 0.2) is 27.7 Å². The second-order valence-electron chi connectivity index (χ2n) is 5.04. The maximum Gasteiger partial charge on any atom is 0.189 e. The maximum absolute atomic E-state index is 6.18. The zero-order valence-corrected chi connectivity index (χ0v) is 16.9. The lowest BCUT2D eigenvalue weighted by Gasteiger charge is -2.16. The highest BCUT2D eigenvalue weighted by molar-refractivity contribution is 14.0. The molecule has 0 aliphatic rings. The van der Waals surface area contributed by atoms with Crippen LogP contribution in [0.3, 0.4) is 0 Å². The monoisotopic (exact) mass is 468 g/mol. The van der Waals surface area contributed by atoms with E-state index in [-0.39, 0.29) is 30.0 Å². The summed E-state index contributed by atoms with van der Waals surface area (Å²) in [4.78, 5) is 4.32. The lowest BCUT2D eigenvalue weighted by atomic mass is 10.1.